The minimum absolute atomic E-state index is 0.0137. The average molecular weight is 555 g/mol. The summed E-state index contributed by atoms with van der Waals surface area (Å²) in [6.45, 7) is 3.64. The van der Waals surface area contributed by atoms with Gasteiger partial charge in [0, 0.05) is 48.5 Å². The van der Waals surface area contributed by atoms with E-state index in [9.17, 15) is 23.3 Å². The molecule has 0 radical (unpaired) electrons. The fourth-order valence-electron chi connectivity index (χ4n) is 5.40. The molecule has 5 rings (SSSR count). The summed E-state index contributed by atoms with van der Waals surface area (Å²) >= 11 is 0. The Morgan fingerprint density at radius 3 is 2.13 bits per heavy atom. The molecule has 8 nitrogen and oxygen atoms in total. The summed E-state index contributed by atoms with van der Waals surface area (Å²) in [4.78, 5) is 16.6. The molecular formula is C27H28BClN2O6S. The third kappa shape index (κ3) is 5.40. The van der Waals surface area contributed by atoms with Crippen LogP contribution in [0.3, 0.4) is 0 Å². The molecule has 3 aromatic carbocycles. The van der Waals surface area contributed by atoms with Gasteiger partial charge in [0.05, 0.1) is 5.75 Å². The first-order valence-electron chi connectivity index (χ1n) is 12.4. The van der Waals surface area contributed by atoms with Crippen molar-refractivity contribution in [3.8, 4) is 11.1 Å². The van der Waals surface area contributed by atoms with Crippen LogP contribution in [0.5, 0.6) is 0 Å². The highest BCUT2D eigenvalue weighted by Gasteiger charge is 2.31. The molecular weight excluding hydrogens is 527 g/mol. The van der Waals surface area contributed by atoms with Crippen molar-refractivity contribution < 1.29 is 28.0 Å². The maximum Gasteiger partial charge on any atom is 0.488 e. The number of carbonyl (C=O) groups is 1. The lowest BCUT2D eigenvalue weighted by molar-refractivity contribution is 0.0977. The normalized spacial score (nSPS) is 15.3. The Kier molecular flexibility index (Phi) is 7.41. The minimum Gasteiger partial charge on any atom is -0.448 e. The zero-order valence-corrected chi connectivity index (χ0v) is 22.5. The Hall–Kier alpha value is -3.05. The van der Waals surface area contributed by atoms with Crippen molar-refractivity contribution in [1.82, 2.24) is 4.90 Å². The van der Waals surface area contributed by atoms with Gasteiger partial charge in [-0.05, 0) is 57.9 Å². The number of amides is 1. The average Bonchev–Trinajstić information content (AvgIpc) is 3.21. The molecule has 0 spiro atoms. The monoisotopic (exact) mass is 554 g/mol. The third-order valence-corrected chi connectivity index (χ3v) is 8.37. The van der Waals surface area contributed by atoms with Crippen LogP contribution in [0.15, 0.2) is 60.7 Å². The predicted molar refractivity (Wildman–Crippen MR) is 148 cm³/mol. The summed E-state index contributed by atoms with van der Waals surface area (Å²) in [6.07, 6.45) is -0.379. The number of piperazine rings is 1. The van der Waals surface area contributed by atoms with Crippen molar-refractivity contribution in [3.05, 3.63) is 82.9 Å². The molecule has 0 saturated carbocycles. The van der Waals surface area contributed by atoms with E-state index < -0.39 is 21.9 Å². The van der Waals surface area contributed by atoms with Gasteiger partial charge in [-0.3, -0.25) is 0 Å². The van der Waals surface area contributed by atoms with Crippen LogP contribution < -0.4 is 10.4 Å². The van der Waals surface area contributed by atoms with Gasteiger partial charge in [-0.1, -0.05) is 48.5 Å². The zero-order valence-electron chi connectivity index (χ0n) is 20.9. The fourth-order valence-corrected chi connectivity index (χ4v) is 6.42. The summed E-state index contributed by atoms with van der Waals surface area (Å²) in [5.74, 6) is -0.437. The van der Waals surface area contributed by atoms with E-state index in [1.165, 1.54) is 11.1 Å². The van der Waals surface area contributed by atoms with Crippen molar-refractivity contribution in [3.63, 3.8) is 0 Å². The van der Waals surface area contributed by atoms with E-state index >= 15 is 0 Å². The van der Waals surface area contributed by atoms with E-state index in [2.05, 4.69) is 24.3 Å². The molecule has 2 aliphatic rings. The number of nitrogens with zero attached hydrogens (tertiary/aromatic N) is 2. The summed E-state index contributed by atoms with van der Waals surface area (Å²) in [5, 5.41) is 19.6. The van der Waals surface area contributed by atoms with Crippen LogP contribution in [0, 0.1) is 6.92 Å². The van der Waals surface area contributed by atoms with Crippen LogP contribution in [0.1, 0.15) is 28.2 Å². The number of halogens is 1. The van der Waals surface area contributed by atoms with Crippen molar-refractivity contribution in [1.29, 1.82) is 0 Å². The number of anilines is 1. The fraction of sp³-hybridized carbons (Fsp3) is 0.296. The van der Waals surface area contributed by atoms with Gasteiger partial charge in [0.25, 0.3) is 0 Å². The van der Waals surface area contributed by atoms with Crippen LogP contribution in [0.2, 0.25) is 0 Å². The third-order valence-electron chi connectivity index (χ3n) is 7.39. The van der Waals surface area contributed by atoms with Crippen LogP contribution in [0.25, 0.3) is 11.1 Å². The van der Waals surface area contributed by atoms with E-state index in [4.69, 9.17) is 15.4 Å². The SMILES string of the molecule is Cc1c(CS(=O)(=O)Cl)cc(N2CCN(C(=O)OCC3c4ccccc4-c4ccccc43)CC2)cc1B(O)O. The summed E-state index contributed by atoms with van der Waals surface area (Å²) in [6, 6.07) is 19.7. The second kappa shape index (κ2) is 10.6. The van der Waals surface area contributed by atoms with Gasteiger partial charge in [0.2, 0.25) is 9.05 Å². The molecule has 11 heteroatoms. The molecule has 1 fully saturated rings. The Bertz CT molecular complexity index is 1430. The number of benzene rings is 3. The van der Waals surface area contributed by atoms with Gasteiger partial charge in [-0.25, -0.2) is 13.2 Å². The number of ether oxygens (including phenoxy) is 1. The molecule has 1 amide bonds. The standard InChI is InChI=1S/C27H28BClN2O6S/c1-18-19(17-38(29,35)36)14-20(15-26(18)28(33)34)30-10-12-31(13-11-30)27(32)37-16-25-23-8-4-2-6-21(23)22-7-3-5-9-24(22)25/h2-9,14-15,25,33-34H,10-13,16-17H2,1H3. The lowest BCUT2D eigenvalue weighted by Crippen LogP contribution is -2.49. The first-order valence-corrected chi connectivity index (χ1v) is 14.9. The van der Waals surface area contributed by atoms with Crippen molar-refractivity contribution in [2.45, 2.75) is 18.6 Å². The van der Waals surface area contributed by atoms with Crippen LogP contribution in [-0.2, 0) is 19.5 Å². The number of rotatable bonds is 6. The topological polar surface area (TPSA) is 107 Å². The minimum atomic E-state index is -3.84. The quantitative estimate of drug-likeness (QED) is 0.356. The van der Waals surface area contributed by atoms with Crippen LogP contribution in [0.4, 0.5) is 10.5 Å². The van der Waals surface area contributed by atoms with E-state index in [1.807, 2.05) is 29.2 Å². The van der Waals surface area contributed by atoms with Crippen LogP contribution in [-0.4, -0.2) is 69.4 Å². The second-order valence-corrected chi connectivity index (χ2v) is 12.4. The molecule has 0 atom stereocenters. The van der Waals surface area contributed by atoms with E-state index in [0.717, 1.165) is 11.1 Å². The molecule has 1 aliphatic heterocycles. The molecule has 1 aliphatic carbocycles. The number of carbonyl (C=O) groups excluding carboxylic acids is 1. The molecule has 1 heterocycles. The van der Waals surface area contributed by atoms with Crippen LogP contribution >= 0.6 is 10.7 Å². The number of hydrogen-bond donors (Lipinski definition) is 2. The molecule has 0 bridgehead atoms. The highest BCUT2D eigenvalue weighted by atomic mass is 35.7. The summed E-state index contributed by atoms with van der Waals surface area (Å²) in [5.41, 5.74) is 6.38. The Morgan fingerprint density at radius 2 is 1.58 bits per heavy atom. The highest BCUT2D eigenvalue weighted by Crippen LogP contribution is 2.44. The highest BCUT2D eigenvalue weighted by molar-refractivity contribution is 8.13. The molecule has 38 heavy (non-hydrogen) atoms. The van der Waals surface area contributed by atoms with Gasteiger partial charge >= 0.3 is 13.2 Å². The summed E-state index contributed by atoms with van der Waals surface area (Å²) < 4.78 is 29.2. The van der Waals surface area contributed by atoms with Gasteiger partial charge < -0.3 is 24.6 Å². The molecule has 198 valence electrons. The van der Waals surface area contributed by atoms with Crippen molar-refractivity contribution >= 4 is 44.1 Å². The Balaban J connectivity index is 1.25. The van der Waals surface area contributed by atoms with Gasteiger partial charge in [-0.15, -0.1) is 0 Å². The van der Waals surface area contributed by atoms with Crippen molar-refractivity contribution in [2.24, 2.45) is 0 Å². The molecule has 1 saturated heterocycles. The Morgan fingerprint density at radius 1 is 1.00 bits per heavy atom. The number of hydrogen-bond acceptors (Lipinski definition) is 7. The van der Waals surface area contributed by atoms with Gasteiger partial charge in [0.15, 0.2) is 0 Å². The smallest absolute Gasteiger partial charge is 0.448 e. The maximum absolute atomic E-state index is 13.0. The lowest BCUT2D eigenvalue weighted by Gasteiger charge is -2.36. The molecule has 2 N–H and O–H groups in total. The molecule has 0 aromatic heterocycles. The van der Waals surface area contributed by atoms with E-state index in [-0.39, 0.29) is 24.1 Å². The van der Waals surface area contributed by atoms with Gasteiger partial charge in [0.1, 0.15) is 6.61 Å². The van der Waals surface area contributed by atoms with Crippen molar-refractivity contribution in [2.75, 3.05) is 37.7 Å². The summed E-state index contributed by atoms with van der Waals surface area (Å²) in [7, 11) is -0.123. The first-order chi connectivity index (χ1) is 18.1. The first kappa shape index (κ1) is 26.6. The second-order valence-electron chi connectivity index (χ2n) is 9.65. The number of fused-ring (bicyclic) bond motifs is 3. The predicted octanol–water partition coefficient (Wildman–Crippen LogP) is 2.81. The van der Waals surface area contributed by atoms with E-state index in [1.54, 1.807) is 24.0 Å². The lowest BCUT2D eigenvalue weighted by atomic mass is 9.75. The zero-order chi connectivity index (χ0) is 27.0. The van der Waals surface area contributed by atoms with E-state index in [0.29, 0.717) is 43.0 Å². The largest absolute Gasteiger partial charge is 0.488 e. The molecule has 0 unspecified atom stereocenters. The Labute approximate surface area is 227 Å². The molecule has 3 aromatic rings. The van der Waals surface area contributed by atoms with Gasteiger partial charge in [-0.2, -0.15) is 0 Å². The maximum atomic E-state index is 13.0.